The van der Waals surface area contributed by atoms with E-state index in [1.165, 1.54) is 4.68 Å². The Morgan fingerprint density at radius 3 is 2.52 bits per heavy atom. The van der Waals surface area contributed by atoms with E-state index in [0.717, 1.165) is 17.5 Å². The minimum Gasteiger partial charge on any atom is -0.451 e. The second-order valence-corrected chi connectivity index (χ2v) is 7.10. The number of para-hydroxylation sites is 1. The molecule has 0 aliphatic rings. The molecule has 0 saturated carbocycles. The van der Waals surface area contributed by atoms with Crippen LogP contribution >= 0.6 is 0 Å². The lowest BCUT2D eigenvalue weighted by Crippen LogP contribution is -2.23. The molecule has 0 fully saturated rings. The maximum atomic E-state index is 12.8. The normalized spacial score (nSPS) is 12.3. The van der Waals surface area contributed by atoms with Gasteiger partial charge >= 0.3 is 5.97 Å². The number of nitrogens with zero attached hydrogens (tertiary/aromatic N) is 4. The Morgan fingerprint density at radius 1 is 1.13 bits per heavy atom. The van der Waals surface area contributed by atoms with Crippen molar-refractivity contribution in [2.75, 3.05) is 11.9 Å². The predicted molar refractivity (Wildman–Crippen MR) is 118 cm³/mol. The van der Waals surface area contributed by atoms with Crippen LogP contribution in [-0.2, 0) is 14.3 Å². The summed E-state index contributed by atoms with van der Waals surface area (Å²) in [5, 5.41) is 14.1. The van der Waals surface area contributed by atoms with Gasteiger partial charge in [0.25, 0.3) is 5.91 Å². The molecule has 1 aromatic heterocycles. The molecule has 8 nitrogen and oxygen atoms in total. The van der Waals surface area contributed by atoms with Crippen molar-refractivity contribution >= 4 is 29.3 Å². The number of aryl methyl sites for hydroxylation is 1. The summed E-state index contributed by atoms with van der Waals surface area (Å²) in [5.41, 5.74) is 2.64. The van der Waals surface area contributed by atoms with Crippen LogP contribution in [0.5, 0.6) is 0 Å². The molecule has 1 heterocycles. The smallest absolute Gasteiger partial charge is 0.357 e. The van der Waals surface area contributed by atoms with Crippen LogP contribution in [0.1, 0.15) is 43.1 Å². The molecular formula is C23H25N5O3. The Labute approximate surface area is 180 Å². The summed E-state index contributed by atoms with van der Waals surface area (Å²) >= 11 is 0. The number of carbonyl (C=O) groups is 2. The van der Waals surface area contributed by atoms with Crippen LogP contribution in [-0.4, -0.2) is 38.7 Å². The Kier molecular flexibility index (Phi) is 7.26. The standard InChI is InChI=1S/C23H25N5O3/c1-4-16(2)19-12-8-9-13-20(19)24-22(29)15-31-23(30)21(28-17(3)25-26-27-28)14-18-10-6-5-7-11-18/h5-14,16H,4,15H2,1-3H3,(H,24,29)/b21-14-/t16-/m0/s1. The first-order valence-electron chi connectivity index (χ1n) is 10.1. The number of aromatic nitrogens is 4. The van der Waals surface area contributed by atoms with Crippen LogP contribution in [0.4, 0.5) is 5.69 Å². The fourth-order valence-electron chi connectivity index (χ4n) is 3.02. The lowest BCUT2D eigenvalue weighted by atomic mass is 9.97. The fraction of sp³-hybridized carbons (Fsp3) is 0.261. The highest BCUT2D eigenvalue weighted by Crippen LogP contribution is 2.26. The lowest BCUT2D eigenvalue weighted by molar-refractivity contribution is -0.141. The number of carbonyl (C=O) groups excluding carboxylic acids is 2. The highest BCUT2D eigenvalue weighted by molar-refractivity contribution is 6.15. The summed E-state index contributed by atoms with van der Waals surface area (Å²) in [6.07, 6.45) is 2.56. The van der Waals surface area contributed by atoms with Crippen molar-refractivity contribution in [2.24, 2.45) is 0 Å². The van der Waals surface area contributed by atoms with Gasteiger partial charge in [0, 0.05) is 5.69 Å². The first-order valence-corrected chi connectivity index (χ1v) is 10.1. The van der Waals surface area contributed by atoms with Gasteiger partial charge in [0.05, 0.1) is 0 Å². The van der Waals surface area contributed by atoms with Crippen LogP contribution in [0.15, 0.2) is 54.6 Å². The van der Waals surface area contributed by atoms with Gasteiger partial charge in [-0.3, -0.25) is 4.79 Å². The number of tetrazole rings is 1. The number of ether oxygens (including phenoxy) is 1. The van der Waals surface area contributed by atoms with Gasteiger partial charge in [-0.25, -0.2) is 4.79 Å². The predicted octanol–water partition coefficient (Wildman–Crippen LogP) is 3.68. The Balaban J connectivity index is 1.73. The van der Waals surface area contributed by atoms with Crippen LogP contribution in [0.2, 0.25) is 0 Å². The van der Waals surface area contributed by atoms with Crippen LogP contribution in [0.25, 0.3) is 11.8 Å². The molecule has 3 rings (SSSR count). The molecule has 0 unspecified atom stereocenters. The number of rotatable bonds is 8. The van der Waals surface area contributed by atoms with Crippen molar-refractivity contribution < 1.29 is 14.3 Å². The van der Waals surface area contributed by atoms with Gasteiger partial charge in [-0.2, -0.15) is 4.68 Å². The molecule has 3 aromatic rings. The lowest BCUT2D eigenvalue weighted by Gasteiger charge is -2.15. The van der Waals surface area contributed by atoms with Gasteiger partial charge in [0.15, 0.2) is 18.1 Å². The third-order valence-corrected chi connectivity index (χ3v) is 4.88. The molecular weight excluding hydrogens is 394 g/mol. The molecule has 0 aliphatic carbocycles. The molecule has 1 N–H and O–H groups in total. The van der Waals surface area contributed by atoms with E-state index in [2.05, 4.69) is 34.7 Å². The van der Waals surface area contributed by atoms with Crippen LogP contribution < -0.4 is 5.32 Å². The largest absolute Gasteiger partial charge is 0.451 e. The molecule has 2 aromatic carbocycles. The van der Waals surface area contributed by atoms with E-state index >= 15 is 0 Å². The highest BCUT2D eigenvalue weighted by Gasteiger charge is 2.19. The first kappa shape index (κ1) is 21.9. The number of esters is 1. The van der Waals surface area contributed by atoms with Gasteiger partial charge in [0.2, 0.25) is 0 Å². The number of hydrogen-bond donors (Lipinski definition) is 1. The van der Waals surface area contributed by atoms with Crippen molar-refractivity contribution in [2.45, 2.75) is 33.1 Å². The van der Waals surface area contributed by atoms with E-state index in [1.807, 2.05) is 54.6 Å². The van der Waals surface area contributed by atoms with Gasteiger partial charge in [-0.05, 0) is 53.0 Å². The third kappa shape index (κ3) is 5.63. The average molecular weight is 419 g/mol. The number of hydrogen-bond acceptors (Lipinski definition) is 6. The van der Waals surface area contributed by atoms with E-state index in [9.17, 15) is 9.59 Å². The molecule has 0 saturated heterocycles. The maximum Gasteiger partial charge on any atom is 0.357 e. The number of amides is 1. The van der Waals surface area contributed by atoms with Crippen LogP contribution in [0.3, 0.4) is 0 Å². The number of anilines is 1. The van der Waals surface area contributed by atoms with E-state index in [4.69, 9.17) is 4.74 Å². The van der Waals surface area contributed by atoms with Crippen molar-refractivity contribution in [3.8, 4) is 0 Å². The van der Waals surface area contributed by atoms with Crippen molar-refractivity contribution in [1.29, 1.82) is 0 Å². The topological polar surface area (TPSA) is 99.0 Å². The second kappa shape index (κ2) is 10.3. The van der Waals surface area contributed by atoms with Crippen molar-refractivity contribution in [3.63, 3.8) is 0 Å². The van der Waals surface area contributed by atoms with Gasteiger partial charge in [0.1, 0.15) is 0 Å². The molecule has 160 valence electrons. The third-order valence-electron chi connectivity index (χ3n) is 4.88. The van der Waals surface area contributed by atoms with E-state index in [1.54, 1.807) is 13.0 Å². The van der Waals surface area contributed by atoms with Gasteiger partial charge < -0.3 is 10.1 Å². The van der Waals surface area contributed by atoms with Gasteiger partial charge in [-0.1, -0.05) is 62.4 Å². The highest BCUT2D eigenvalue weighted by atomic mass is 16.5. The van der Waals surface area contributed by atoms with E-state index in [0.29, 0.717) is 17.4 Å². The van der Waals surface area contributed by atoms with E-state index in [-0.39, 0.29) is 5.70 Å². The summed E-state index contributed by atoms with van der Waals surface area (Å²) < 4.78 is 6.56. The molecule has 8 heteroatoms. The summed E-state index contributed by atoms with van der Waals surface area (Å²) in [6.45, 7) is 5.43. The monoisotopic (exact) mass is 419 g/mol. The Hall–Kier alpha value is -3.81. The zero-order chi connectivity index (χ0) is 22.2. The zero-order valence-electron chi connectivity index (χ0n) is 17.8. The van der Waals surface area contributed by atoms with Crippen molar-refractivity contribution in [3.05, 3.63) is 71.5 Å². The SMILES string of the molecule is CC[C@H](C)c1ccccc1NC(=O)COC(=O)/C(=C/c1ccccc1)n1nnnc1C. The minimum absolute atomic E-state index is 0.113. The van der Waals surface area contributed by atoms with Crippen molar-refractivity contribution in [1.82, 2.24) is 20.2 Å². The summed E-state index contributed by atoms with van der Waals surface area (Å²) in [5.74, 6) is -0.408. The minimum atomic E-state index is -0.704. The fourth-order valence-corrected chi connectivity index (χ4v) is 3.02. The number of benzene rings is 2. The molecule has 0 spiro atoms. The molecule has 1 atom stereocenters. The number of nitrogens with one attached hydrogen (secondary N) is 1. The zero-order valence-corrected chi connectivity index (χ0v) is 17.8. The molecule has 0 bridgehead atoms. The Morgan fingerprint density at radius 2 is 1.84 bits per heavy atom. The molecule has 31 heavy (non-hydrogen) atoms. The van der Waals surface area contributed by atoms with Gasteiger partial charge in [-0.15, -0.1) is 5.10 Å². The summed E-state index contributed by atoms with van der Waals surface area (Å²) in [6, 6.07) is 16.9. The molecule has 0 radical (unpaired) electrons. The van der Waals surface area contributed by atoms with E-state index < -0.39 is 18.5 Å². The first-order chi connectivity index (χ1) is 15.0. The quantitative estimate of drug-likeness (QED) is 0.442. The molecule has 0 aliphatic heterocycles. The summed E-state index contributed by atoms with van der Waals surface area (Å²) in [7, 11) is 0. The summed E-state index contributed by atoms with van der Waals surface area (Å²) in [4.78, 5) is 25.2. The molecule has 1 amide bonds. The maximum absolute atomic E-state index is 12.8. The van der Waals surface area contributed by atoms with Crippen LogP contribution in [0, 0.1) is 6.92 Å². The Bertz CT molecular complexity index is 1080. The average Bonchev–Trinajstić information content (AvgIpc) is 3.22. The second-order valence-electron chi connectivity index (χ2n) is 7.10.